The quantitative estimate of drug-likeness (QED) is 0.780. The molecule has 0 saturated carbocycles. The molecule has 1 fully saturated rings. The fourth-order valence-electron chi connectivity index (χ4n) is 3.37. The number of unbranched alkanes of at least 4 members (excludes halogenated alkanes) is 1. The molecule has 0 bridgehead atoms. The predicted octanol–water partition coefficient (Wildman–Crippen LogP) is 4.66. The average molecular weight is 337 g/mol. The minimum absolute atomic E-state index is 0.121. The highest BCUT2D eigenvalue weighted by Gasteiger charge is 2.28. The van der Waals surface area contributed by atoms with Crippen LogP contribution in [0.25, 0.3) is 0 Å². The third-order valence-electron chi connectivity index (χ3n) is 4.79. The monoisotopic (exact) mass is 337 g/mol. The van der Waals surface area contributed by atoms with Crippen LogP contribution in [0.1, 0.15) is 61.0 Å². The first-order valence-corrected chi connectivity index (χ1v) is 9.35. The summed E-state index contributed by atoms with van der Waals surface area (Å²) in [7, 11) is 0. The summed E-state index contributed by atoms with van der Waals surface area (Å²) in [6.07, 6.45) is 7.46. The van der Waals surface area contributed by atoms with Gasteiger partial charge < -0.3 is 10.2 Å². The fourth-order valence-corrected chi connectivity index (χ4v) is 3.37. The van der Waals surface area contributed by atoms with Gasteiger partial charge in [-0.3, -0.25) is 4.79 Å². The molecule has 0 radical (unpaired) electrons. The number of anilines is 1. The van der Waals surface area contributed by atoms with Gasteiger partial charge in [-0.05, 0) is 49.4 Å². The van der Waals surface area contributed by atoms with E-state index in [2.05, 4.69) is 23.3 Å². The fraction of sp³-hybridized carbons (Fsp3) is 0.429. The molecule has 0 aliphatic carbocycles. The molecule has 1 aromatic heterocycles. The molecular weight excluding hydrogens is 310 g/mol. The Bertz CT molecular complexity index is 669. The van der Waals surface area contributed by atoms with Gasteiger partial charge in [0.2, 0.25) is 0 Å². The van der Waals surface area contributed by atoms with Crippen molar-refractivity contribution < 1.29 is 4.79 Å². The number of benzene rings is 1. The smallest absolute Gasteiger partial charge is 0.254 e. The van der Waals surface area contributed by atoms with Gasteiger partial charge in [0.15, 0.2) is 0 Å². The van der Waals surface area contributed by atoms with Gasteiger partial charge >= 0.3 is 0 Å². The second kappa shape index (κ2) is 8.65. The van der Waals surface area contributed by atoms with Gasteiger partial charge in [-0.15, -0.1) is 0 Å². The third kappa shape index (κ3) is 4.38. The van der Waals surface area contributed by atoms with Crippen molar-refractivity contribution >= 4 is 11.7 Å². The van der Waals surface area contributed by atoms with Crippen LogP contribution in [0.3, 0.4) is 0 Å². The number of hydrogen-bond donors (Lipinski definition) is 1. The summed E-state index contributed by atoms with van der Waals surface area (Å²) in [5.41, 5.74) is 1.89. The van der Waals surface area contributed by atoms with Crippen molar-refractivity contribution in [2.75, 3.05) is 18.4 Å². The number of rotatable bonds is 6. The van der Waals surface area contributed by atoms with Crippen molar-refractivity contribution in [2.45, 2.75) is 45.1 Å². The molecule has 0 spiro atoms. The average Bonchev–Trinajstić information content (AvgIpc) is 2.69. The van der Waals surface area contributed by atoms with Crippen molar-refractivity contribution in [1.82, 2.24) is 9.88 Å². The summed E-state index contributed by atoms with van der Waals surface area (Å²) in [4.78, 5) is 19.5. The number of piperidine rings is 1. The first-order chi connectivity index (χ1) is 12.3. The molecule has 0 unspecified atom stereocenters. The first kappa shape index (κ1) is 17.5. The van der Waals surface area contributed by atoms with Crippen LogP contribution in [-0.2, 0) is 0 Å². The van der Waals surface area contributed by atoms with Crippen molar-refractivity contribution in [3.63, 3.8) is 0 Å². The summed E-state index contributed by atoms with van der Waals surface area (Å²) in [5.74, 6) is 1.03. The number of amides is 1. The normalized spacial score (nSPS) is 17.3. The SMILES string of the molecule is CCCCNc1ccc([C@@H]2CCCCN2C(=O)c2ccccc2)cn1. The number of hydrogen-bond acceptors (Lipinski definition) is 3. The maximum Gasteiger partial charge on any atom is 0.254 e. The molecule has 25 heavy (non-hydrogen) atoms. The van der Waals surface area contributed by atoms with E-state index < -0.39 is 0 Å². The van der Waals surface area contributed by atoms with Crippen LogP contribution in [0.15, 0.2) is 48.7 Å². The number of aromatic nitrogens is 1. The lowest BCUT2D eigenvalue weighted by molar-refractivity contribution is 0.0611. The van der Waals surface area contributed by atoms with E-state index in [1.54, 1.807) is 0 Å². The Kier molecular flexibility index (Phi) is 6.04. The van der Waals surface area contributed by atoms with Crippen molar-refractivity contribution in [3.8, 4) is 0 Å². The van der Waals surface area contributed by atoms with Gasteiger partial charge in [-0.1, -0.05) is 37.6 Å². The number of carbonyl (C=O) groups is 1. The van der Waals surface area contributed by atoms with Crippen LogP contribution in [-0.4, -0.2) is 28.9 Å². The van der Waals surface area contributed by atoms with Crippen molar-refractivity contribution in [1.29, 1.82) is 0 Å². The molecule has 1 atom stereocenters. The molecule has 4 nitrogen and oxygen atoms in total. The van der Waals surface area contributed by atoms with Crippen molar-refractivity contribution in [2.24, 2.45) is 0 Å². The van der Waals surface area contributed by atoms with E-state index in [0.29, 0.717) is 0 Å². The minimum Gasteiger partial charge on any atom is -0.370 e. The van der Waals surface area contributed by atoms with E-state index in [4.69, 9.17) is 0 Å². The van der Waals surface area contributed by atoms with Crippen LogP contribution in [0, 0.1) is 0 Å². The molecule has 2 aromatic rings. The molecule has 1 aliphatic heterocycles. The van der Waals surface area contributed by atoms with Crippen LogP contribution in [0.2, 0.25) is 0 Å². The van der Waals surface area contributed by atoms with Gasteiger partial charge in [-0.2, -0.15) is 0 Å². The molecular formula is C21H27N3O. The lowest BCUT2D eigenvalue weighted by Crippen LogP contribution is -2.38. The summed E-state index contributed by atoms with van der Waals surface area (Å²) < 4.78 is 0. The molecule has 2 heterocycles. The molecule has 1 amide bonds. The zero-order valence-corrected chi connectivity index (χ0v) is 14.9. The highest BCUT2D eigenvalue weighted by molar-refractivity contribution is 5.94. The summed E-state index contributed by atoms with van der Waals surface area (Å²) in [6.45, 7) is 3.94. The number of pyridine rings is 1. The van der Waals surface area contributed by atoms with E-state index in [0.717, 1.165) is 55.7 Å². The minimum atomic E-state index is 0.121. The molecule has 4 heteroatoms. The lowest BCUT2D eigenvalue weighted by atomic mass is 9.95. The maximum absolute atomic E-state index is 12.9. The van der Waals surface area contributed by atoms with Gasteiger partial charge in [0.25, 0.3) is 5.91 Å². The number of nitrogens with zero attached hydrogens (tertiary/aromatic N) is 2. The zero-order chi connectivity index (χ0) is 17.5. The molecule has 132 valence electrons. The van der Waals surface area contributed by atoms with Crippen LogP contribution in [0.4, 0.5) is 5.82 Å². The largest absolute Gasteiger partial charge is 0.370 e. The Morgan fingerprint density at radius 1 is 1.20 bits per heavy atom. The van der Waals surface area contributed by atoms with Crippen molar-refractivity contribution in [3.05, 3.63) is 59.8 Å². The second-order valence-corrected chi connectivity index (χ2v) is 6.63. The standard InChI is InChI=1S/C21H27N3O/c1-2-3-14-22-20-13-12-18(16-23-20)19-11-7-8-15-24(19)21(25)17-9-5-4-6-10-17/h4-6,9-10,12-13,16,19H,2-3,7-8,11,14-15H2,1H3,(H,22,23)/t19-/m0/s1. The Morgan fingerprint density at radius 2 is 2.04 bits per heavy atom. The number of nitrogens with one attached hydrogen (secondary N) is 1. The van der Waals surface area contributed by atoms with Crippen LogP contribution >= 0.6 is 0 Å². The molecule has 1 saturated heterocycles. The van der Waals surface area contributed by atoms with Gasteiger partial charge in [0.05, 0.1) is 6.04 Å². The molecule has 1 N–H and O–H groups in total. The number of likely N-dealkylation sites (tertiary alicyclic amines) is 1. The highest BCUT2D eigenvalue weighted by atomic mass is 16.2. The molecule has 1 aromatic carbocycles. The Balaban J connectivity index is 1.73. The lowest BCUT2D eigenvalue weighted by Gasteiger charge is -2.36. The Labute approximate surface area is 150 Å². The molecule has 3 rings (SSSR count). The van der Waals surface area contributed by atoms with E-state index in [1.807, 2.05) is 47.5 Å². The Hall–Kier alpha value is -2.36. The first-order valence-electron chi connectivity index (χ1n) is 9.35. The summed E-state index contributed by atoms with van der Waals surface area (Å²) >= 11 is 0. The summed E-state index contributed by atoms with van der Waals surface area (Å²) in [5, 5.41) is 3.34. The second-order valence-electron chi connectivity index (χ2n) is 6.63. The van der Waals surface area contributed by atoms with Gasteiger partial charge in [0, 0.05) is 24.8 Å². The van der Waals surface area contributed by atoms with Crippen LogP contribution in [0.5, 0.6) is 0 Å². The highest BCUT2D eigenvalue weighted by Crippen LogP contribution is 2.32. The van der Waals surface area contributed by atoms with Crippen LogP contribution < -0.4 is 5.32 Å². The zero-order valence-electron chi connectivity index (χ0n) is 14.9. The van der Waals surface area contributed by atoms with Gasteiger partial charge in [0.1, 0.15) is 5.82 Å². The topological polar surface area (TPSA) is 45.2 Å². The molecule has 1 aliphatic rings. The van der Waals surface area contributed by atoms with Gasteiger partial charge in [-0.25, -0.2) is 4.98 Å². The third-order valence-corrected chi connectivity index (χ3v) is 4.79. The maximum atomic E-state index is 12.9. The van der Waals surface area contributed by atoms with E-state index in [1.165, 1.54) is 6.42 Å². The van der Waals surface area contributed by atoms with E-state index in [-0.39, 0.29) is 11.9 Å². The number of carbonyl (C=O) groups excluding carboxylic acids is 1. The van der Waals surface area contributed by atoms with E-state index in [9.17, 15) is 4.79 Å². The Morgan fingerprint density at radius 3 is 2.76 bits per heavy atom. The predicted molar refractivity (Wildman–Crippen MR) is 102 cm³/mol. The van der Waals surface area contributed by atoms with E-state index >= 15 is 0 Å². The summed E-state index contributed by atoms with van der Waals surface area (Å²) in [6, 6.07) is 13.8.